The van der Waals surface area contributed by atoms with E-state index in [1.165, 1.54) is 6.21 Å². The summed E-state index contributed by atoms with van der Waals surface area (Å²) in [4.78, 5) is 12.6. The molecule has 0 unspecified atom stereocenters. The van der Waals surface area contributed by atoms with Gasteiger partial charge in [-0.2, -0.15) is 5.10 Å². The first-order chi connectivity index (χ1) is 14.3. The van der Waals surface area contributed by atoms with E-state index < -0.39 is 0 Å². The summed E-state index contributed by atoms with van der Waals surface area (Å²) in [5.41, 5.74) is 4.65. The zero-order valence-corrected chi connectivity index (χ0v) is 15.7. The highest BCUT2D eigenvalue weighted by atomic mass is 16.5. The van der Waals surface area contributed by atoms with Crippen molar-refractivity contribution in [1.82, 2.24) is 5.43 Å². The molecule has 0 aliphatic rings. The van der Waals surface area contributed by atoms with Gasteiger partial charge in [0.25, 0.3) is 5.91 Å². The topological polar surface area (TPSA) is 59.9 Å². The number of nitrogens with zero attached hydrogens (tertiary/aromatic N) is 1. The molecule has 29 heavy (non-hydrogen) atoms. The number of ether oxygens (including phenoxy) is 2. The van der Waals surface area contributed by atoms with E-state index in [1.807, 2.05) is 54.6 Å². The largest absolute Gasteiger partial charge is 0.488 e. The van der Waals surface area contributed by atoms with Gasteiger partial charge < -0.3 is 9.47 Å². The highest BCUT2D eigenvalue weighted by molar-refractivity contribution is 5.97. The maximum absolute atomic E-state index is 12.6. The third-order valence-corrected chi connectivity index (χ3v) is 3.97. The van der Waals surface area contributed by atoms with Crippen molar-refractivity contribution >= 4 is 12.1 Å². The predicted octanol–water partition coefficient (Wildman–Crippen LogP) is 4.04. The monoisotopic (exact) mass is 384 g/mol. The van der Waals surface area contributed by atoms with Crippen molar-refractivity contribution in [3.8, 4) is 23.8 Å². The van der Waals surface area contributed by atoms with Crippen molar-refractivity contribution in [2.45, 2.75) is 6.61 Å². The van der Waals surface area contributed by atoms with E-state index >= 15 is 0 Å². The fraction of sp³-hybridized carbons (Fsp3) is 0.0833. The van der Waals surface area contributed by atoms with E-state index in [0.717, 1.165) is 5.56 Å². The predicted molar refractivity (Wildman–Crippen MR) is 113 cm³/mol. The van der Waals surface area contributed by atoms with Gasteiger partial charge in [-0.05, 0) is 29.8 Å². The molecule has 5 heteroatoms. The molecule has 0 heterocycles. The molecule has 1 N–H and O–H groups in total. The summed E-state index contributed by atoms with van der Waals surface area (Å²) in [7, 11) is 0. The summed E-state index contributed by atoms with van der Waals surface area (Å²) in [5, 5.41) is 4.03. The maximum Gasteiger partial charge on any atom is 0.275 e. The second kappa shape index (κ2) is 10.3. The van der Waals surface area contributed by atoms with Gasteiger partial charge in [-0.1, -0.05) is 60.5 Å². The van der Waals surface area contributed by atoms with Gasteiger partial charge >= 0.3 is 0 Å². The molecule has 144 valence electrons. The molecule has 3 aromatic rings. The van der Waals surface area contributed by atoms with Crippen LogP contribution in [0.15, 0.2) is 84.0 Å². The van der Waals surface area contributed by atoms with E-state index in [9.17, 15) is 4.79 Å². The van der Waals surface area contributed by atoms with Gasteiger partial charge in [-0.25, -0.2) is 5.43 Å². The third kappa shape index (κ3) is 5.72. The lowest BCUT2D eigenvalue weighted by Gasteiger charge is -2.10. The standard InChI is InChI=1S/C24H20N2O3/c1-2-16-28-22-14-8-6-12-20(22)17-25-26-24(27)21-13-7-9-15-23(21)29-18-19-10-4-3-5-11-19/h1,3-15,17H,16,18H2,(H,26,27). The molecule has 0 spiro atoms. The molecule has 5 nitrogen and oxygen atoms in total. The summed E-state index contributed by atoms with van der Waals surface area (Å²) < 4.78 is 11.3. The van der Waals surface area contributed by atoms with Crippen molar-refractivity contribution < 1.29 is 14.3 Å². The van der Waals surface area contributed by atoms with Gasteiger partial charge in [0.2, 0.25) is 0 Å². The Morgan fingerprint density at radius 3 is 2.41 bits per heavy atom. The Bertz CT molecular complexity index is 1020. The fourth-order valence-corrected chi connectivity index (χ4v) is 2.57. The minimum Gasteiger partial charge on any atom is -0.488 e. The van der Waals surface area contributed by atoms with Crippen LogP contribution in [0.2, 0.25) is 0 Å². The zero-order valence-electron chi connectivity index (χ0n) is 15.7. The number of terminal acetylenes is 1. The van der Waals surface area contributed by atoms with Crippen molar-refractivity contribution in [3.05, 3.63) is 95.6 Å². The Morgan fingerprint density at radius 2 is 1.62 bits per heavy atom. The van der Waals surface area contributed by atoms with Crippen LogP contribution in [0, 0.1) is 12.3 Å². The number of hydrogen-bond acceptors (Lipinski definition) is 4. The molecule has 0 aromatic heterocycles. The second-order valence-electron chi connectivity index (χ2n) is 6.00. The van der Waals surface area contributed by atoms with E-state index in [2.05, 4.69) is 16.4 Å². The Labute approximate surface area is 170 Å². The van der Waals surface area contributed by atoms with Crippen molar-refractivity contribution in [1.29, 1.82) is 0 Å². The Kier molecular flexibility index (Phi) is 7.03. The van der Waals surface area contributed by atoms with Gasteiger partial charge in [0, 0.05) is 5.56 Å². The van der Waals surface area contributed by atoms with Crippen LogP contribution in [0.4, 0.5) is 0 Å². The first-order valence-electron chi connectivity index (χ1n) is 9.02. The van der Waals surface area contributed by atoms with Gasteiger partial charge in [-0.3, -0.25) is 4.79 Å². The van der Waals surface area contributed by atoms with Crippen molar-refractivity contribution in [2.24, 2.45) is 5.10 Å². The average molecular weight is 384 g/mol. The molecule has 0 saturated heterocycles. The molecule has 0 bridgehead atoms. The SMILES string of the molecule is C#CCOc1ccccc1C=NNC(=O)c1ccccc1OCc1ccccc1. The minimum absolute atomic E-state index is 0.156. The molecule has 3 rings (SSSR count). The van der Waals surface area contributed by atoms with Gasteiger partial charge in [0.05, 0.1) is 11.8 Å². The smallest absolute Gasteiger partial charge is 0.275 e. The second-order valence-corrected chi connectivity index (χ2v) is 6.00. The van der Waals surface area contributed by atoms with E-state index in [0.29, 0.717) is 29.2 Å². The van der Waals surface area contributed by atoms with Gasteiger partial charge in [0.1, 0.15) is 24.7 Å². The van der Waals surface area contributed by atoms with Crippen LogP contribution in [-0.4, -0.2) is 18.7 Å². The van der Waals surface area contributed by atoms with Crippen molar-refractivity contribution in [2.75, 3.05) is 6.61 Å². The summed E-state index contributed by atoms with van der Waals surface area (Å²) in [6.45, 7) is 0.525. The Balaban J connectivity index is 1.66. The first kappa shape index (κ1) is 19.7. The lowest BCUT2D eigenvalue weighted by molar-refractivity contribution is 0.0950. The molecule has 3 aromatic carbocycles. The molecule has 0 atom stereocenters. The summed E-state index contributed by atoms with van der Waals surface area (Å²) in [5.74, 6) is 3.13. The average Bonchev–Trinajstić information content (AvgIpc) is 2.78. The fourth-order valence-electron chi connectivity index (χ4n) is 2.57. The van der Waals surface area contributed by atoms with Crippen LogP contribution >= 0.6 is 0 Å². The lowest BCUT2D eigenvalue weighted by Crippen LogP contribution is -2.18. The number of hydrogen-bond donors (Lipinski definition) is 1. The highest BCUT2D eigenvalue weighted by Crippen LogP contribution is 2.19. The Hall–Kier alpha value is -4.04. The molecule has 0 aliphatic heterocycles. The van der Waals surface area contributed by atoms with Crippen LogP contribution in [0.1, 0.15) is 21.5 Å². The number of carbonyl (C=O) groups is 1. The highest BCUT2D eigenvalue weighted by Gasteiger charge is 2.11. The summed E-state index contributed by atoms with van der Waals surface area (Å²) in [6, 6.07) is 24.1. The quantitative estimate of drug-likeness (QED) is 0.362. The zero-order chi connectivity index (χ0) is 20.3. The molecule has 0 aliphatic carbocycles. The molecule has 1 amide bonds. The number of para-hydroxylation sites is 2. The van der Waals surface area contributed by atoms with Crippen LogP contribution in [0.25, 0.3) is 0 Å². The summed E-state index contributed by atoms with van der Waals surface area (Å²) >= 11 is 0. The molecule has 0 radical (unpaired) electrons. The molecular weight excluding hydrogens is 364 g/mol. The number of amides is 1. The number of nitrogens with one attached hydrogen (secondary N) is 1. The van der Waals surface area contributed by atoms with Crippen LogP contribution in [0.5, 0.6) is 11.5 Å². The normalized spacial score (nSPS) is 10.3. The number of rotatable bonds is 8. The van der Waals surface area contributed by atoms with Gasteiger partial charge in [-0.15, -0.1) is 6.42 Å². The minimum atomic E-state index is -0.369. The number of benzene rings is 3. The molecule has 0 saturated carbocycles. The maximum atomic E-state index is 12.6. The van der Waals surface area contributed by atoms with E-state index in [4.69, 9.17) is 15.9 Å². The number of carbonyl (C=O) groups excluding carboxylic acids is 1. The van der Waals surface area contributed by atoms with E-state index in [-0.39, 0.29) is 12.5 Å². The third-order valence-electron chi connectivity index (χ3n) is 3.97. The summed E-state index contributed by atoms with van der Waals surface area (Å²) in [6.07, 6.45) is 6.74. The Morgan fingerprint density at radius 1 is 0.931 bits per heavy atom. The molecule has 0 fully saturated rings. The number of hydrazone groups is 1. The lowest BCUT2D eigenvalue weighted by atomic mass is 10.2. The van der Waals surface area contributed by atoms with Crippen LogP contribution < -0.4 is 14.9 Å². The van der Waals surface area contributed by atoms with Crippen LogP contribution in [-0.2, 0) is 6.61 Å². The van der Waals surface area contributed by atoms with Gasteiger partial charge in [0.15, 0.2) is 0 Å². The van der Waals surface area contributed by atoms with Crippen LogP contribution in [0.3, 0.4) is 0 Å². The van der Waals surface area contributed by atoms with E-state index in [1.54, 1.807) is 24.3 Å². The first-order valence-corrected chi connectivity index (χ1v) is 9.02. The van der Waals surface area contributed by atoms with Crippen molar-refractivity contribution in [3.63, 3.8) is 0 Å². The molecular formula is C24H20N2O3.